The number of hydrogen-bond donors (Lipinski definition) is 0. The van der Waals surface area contributed by atoms with Crippen molar-refractivity contribution in [1.82, 2.24) is 0 Å². The highest BCUT2D eigenvalue weighted by Gasteiger charge is 2.15. The normalized spacial score (nSPS) is 12.0. The van der Waals surface area contributed by atoms with Crippen LogP contribution in [0.2, 0.25) is 0 Å². The van der Waals surface area contributed by atoms with Gasteiger partial charge in [-0.25, -0.2) is 0 Å². The number of rotatable bonds is 25. The molecule has 0 radical (unpaired) electrons. The Bertz CT molecular complexity index is 435. The molecular formula is C29H56O4. The fraction of sp³-hybridized carbons (Fsp3) is 0.931. The van der Waals surface area contributed by atoms with Gasteiger partial charge in [0.15, 0.2) is 0 Å². The summed E-state index contributed by atoms with van der Waals surface area (Å²) in [5.41, 5.74) is 0. The molecule has 0 aliphatic rings. The Labute approximate surface area is 206 Å². The highest BCUT2D eigenvalue weighted by molar-refractivity contribution is 5.69. The van der Waals surface area contributed by atoms with Crippen molar-refractivity contribution in [2.24, 2.45) is 0 Å². The first kappa shape index (κ1) is 31.9. The van der Waals surface area contributed by atoms with Crippen LogP contribution >= 0.6 is 0 Å². The number of carbonyl (C=O) groups is 2. The van der Waals surface area contributed by atoms with E-state index in [2.05, 4.69) is 20.8 Å². The van der Waals surface area contributed by atoms with Gasteiger partial charge in [0, 0.05) is 19.3 Å². The first-order valence-electron chi connectivity index (χ1n) is 14.5. The van der Waals surface area contributed by atoms with Crippen molar-refractivity contribution >= 4 is 11.9 Å². The maximum absolute atomic E-state index is 12.3. The second-order valence-corrected chi connectivity index (χ2v) is 9.71. The van der Waals surface area contributed by atoms with Crippen molar-refractivity contribution in [3.63, 3.8) is 0 Å². The van der Waals surface area contributed by atoms with Crippen LogP contribution in [0.25, 0.3) is 0 Å². The summed E-state index contributed by atoms with van der Waals surface area (Å²) in [5, 5.41) is 0. The van der Waals surface area contributed by atoms with Gasteiger partial charge in [0.05, 0.1) is 6.61 Å². The average molecular weight is 469 g/mol. The SMILES string of the molecule is CCCCCCCCCC(=O)OCCC(CCCCCC)OC(=O)CCCCCCCCC. The summed E-state index contributed by atoms with van der Waals surface area (Å²) in [4.78, 5) is 24.3. The van der Waals surface area contributed by atoms with Gasteiger partial charge in [-0.15, -0.1) is 0 Å². The minimum absolute atomic E-state index is 0.0848. The van der Waals surface area contributed by atoms with Crippen molar-refractivity contribution in [2.75, 3.05) is 6.61 Å². The molecule has 0 aliphatic carbocycles. The van der Waals surface area contributed by atoms with Crippen molar-refractivity contribution in [3.05, 3.63) is 0 Å². The molecule has 0 bridgehead atoms. The smallest absolute Gasteiger partial charge is 0.306 e. The molecule has 0 rings (SSSR count). The molecule has 0 saturated heterocycles. The zero-order chi connectivity index (χ0) is 24.4. The number of unbranched alkanes of at least 4 members (excludes halogenated alkanes) is 15. The van der Waals surface area contributed by atoms with E-state index in [1.54, 1.807) is 0 Å². The Morgan fingerprint density at radius 2 is 0.939 bits per heavy atom. The monoisotopic (exact) mass is 468 g/mol. The van der Waals surface area contributed by atoms with E-state index in [4.69, 9.17) is 9.47 Å². The first-order valence-corrected chi connectivity index (χ1v) is 14.5. The molecule has 1 unspecified atom stereocenters. The maximum atomic E-state index is 12.3. The van der Waals surface area contributed by atoms with Crippen LogP contribution in [-0.4, -0.2) is 24.6 Å². The predicted octanol–water partition coefficient (Wildman–Crippen LogP) is 9.08. The van der Waals surface area contributed by atoms with E-state index in [1.807, 2.05) is 0 Å². The summed E-state index contributed by atoms with van der Waals surface area (Å²) in [6.07, 6.45) is 23.8. The van der Waals surface area contributed by atoms with Gasteiger partial charge >= 0.3 is 11.9 Å². The molecule has 4 heteroatoms. The van der Waals surface area contributed by atoms with Crippen LogP contribution in [0.15, 0.2) is 0 Å². The summed E-state index contributed by atoms with van der Waals surface area (Å²) in [6.45, 7) is 7.01. The standard InChI is InChI=1S/C29H56O4/c1-4-7-10-13-15-17-20-23-28(30)32-26-25-27(22-19-12-9-6-3)33-29(31)24-21-18-16-14-11-8-5-2/h27H,4-26H2,1-3H3. The molecule has 33 heavy (non-hydrogen) atoms. The number of hydrogen-bond acceptors (Lipinski definition) is 4. The molecule has 1 atom stereocenters. The molecule has 0 spiro atoms. The molecule has 0 heterocycles. The Balaban J connectivity index is 4.03. The second-order valence-electron chi connectivity index (χ2n) is 9.71. The van der Waals surface area contributed by atoms with Crippen molar-refractivity contribution in [1.29, 1.82) is 0 Å². The third-order valence-corrected chi connectivity index (χ3v) is 6.35. The molecule has 0 aromatic heterocycles. The fourth-order valence-corrected chi connectivity index (χ4v) is 4.14. The summed E-state index contributed by atoms with van der Waals surface area (Å²) >= 11 is 0. The van der Waals surface area contributed by atoms with Crippen molar-refractivity contribution < 1.29 is 19.1 Å². The van der Waals surface area contributed by atoms with Gasteiger partial charge in [-0.2, -0.15) is 0 Å². The Morgan fingerprint density at radius 1 is 0.515 bits per heavy atom. The van der Waals surface area contributed by atoms with Gasteiger partial charge in [-0.05, 0) is 25.7 Å². The Kier molecular flexibility index (Phi) is 24.7. The molecule has 0 N–H and O–H groups in total. The van der Waals surface area contributed by atoms with Crippen LogP contribution < -0.4 is 0 Å². The molecular weight excluding hydrogens is 412 g/mol. The lowest BCUT2D eigenvalue weighted by Crippen LogP contribution is -2.21. The fourth-order valence-electron chi connectivity index (χ4n) is 4.14. The summed E-state index contributed by atoms with van der Waals surface area (Å²) in [7, 11) is 0. The summed E-state index contributed by atoms with van der Waals surface area (Å²) in [6, 6.07) is 0. The largest absolute Gasteiger partial charge is 0.466 e. The average Bonchev–Trinajstić information content (AvgIpc) is 2.80. The van der Waals surface area contributed by atoms with E-state index in [0.717, 1.165) is 38.5 Å². The van der Waals surface area contributed by atoms with E-state index in [-0.39, 0.29) is 18.0 Å². The van der Waals surface area contributed by atoms with E-state index >= 15 is 0 Å². The summed E-state index contributed by atoms with van der Waals surface area (Å²) < 4.78 is 11.2. The highest BCUT2D eigenvalue weighted by atomic mass is 16.6. The predicted molar refractivity (Wildman–Crippen MR) is 139 cm³/mol. The van der Waals surface area contributed by atoms with Crippen LogP contribution in [0.5, 0.6) is 0 Å². The topological polar surface area (TPSA) is 52.6 Å². The number of ether oxygens (including phenoxy) is 2. The quantitative estimate of drug-likeness (QED) is 0.0990. The van der Waals surface area contributed by atoms with E-state index in [1.165, 1.54) is 83.5 Å². The lowest BCUT2D eigenvalue weighted by atomic mass is 10.1. The lowest BCUT2D eigenvalue weighted by molar-refractivity contribution is -0.151. The molecule has 0 amide bonds. The van der Waals surface area contributed by atoms with Crippen LogP contribution in [0.1, 0.15) is 162 Å². The van der Waals surface area contributed by atoms with Crippen LogP contribution in [0.4, 0.5) is 0 Å². The first-order chi connectivity index (χ1) is 16.1. The van der Waals surface area contributed by atoms with Gasteiger partial charge in [0.25, 0.3) is 0 Å². The van der Waals surface area contributed by atoms with Gasteiger partial charge in [-0.3, -0.25) is 9.59 Å². The molecule has 0 aromatic rings. The van der Waals surface area contributed by atoms with E-state index in [9.17, 15) is 9.59 Å². The van der Waals surface area contributed by atoms with E-state index < -0.39 is 0 Å². The highest BCUT2D eigenvalue weighted by Crippen LogP contribution is 2.15. The summed E-state index contributed by atoms with van der Waals surface area (Å²) in [5.74, 6) is -0.193. The zero-order valence-corrected chi connectivity index (χ0v) is 22.5. The number of carbonyl (C=O) groups excluding carboxylic acids is 2. The van der Waals surface area contributed by atoms with Crippen molar-refractivity contribution in [2.45, 2.75) is 168 Å². The van der Waals surface area contributed by atoms with Crippen LogP contribution in [0.3, 0.4) is 0 Å². The van der Waals surface area contributed by atoms with Crippen LogP contribution in [-0.2, 0) is 19.1 Å². The number of esters is 2. The zero-order valence-electron chi connectivity index (χ0n) is 22.5. The van der Waals surface area contributed by atoms with Crippen molar-refractivity contribution in [3.8, 4) is 0 Å². The molecule has 0 saturated carbocycles. The molecule has 0 aromatic carbocycles. The van der Waals surface area contributed by atoms with E-state index in [0.29, 0.717) is 25.9 Å². The molecule has 0 fully saturated rings. The minimum Gasteiger partial charge on any atom is -0.466 e. The lowest BCUT2D eigenvalue weighted by Gasteiger charge is -2.18. The van der Waals surface area contributed by atoms with Gasteiger partial charge in [-0.1, -0.05) is 117 Å². The Morgan fingerprint density at radius 3 is 1.45 bits per heavy atom. The molecule has 4 nitrogen and oxygen atoms in total. The van der Waals surface area contributed by atoms with Gasteiger partial charge in [0.1, 0.15) is 6.10 Å². The van der Waals surface area contributed by atoms with Gasteiger partial charge in [0.2, 0.25) is 0 Å². The minimum atomic E-state index is -0.120. The molecule has 0 aliphatic heterocycles. The van der Waals surface area contributed by atoms with Gasteiger partial charge < -0.3 is 9.47 Å². The second kappa shape index (κ2) is 25.6. The third kappa shape index (κ3) is 23.9. The third-order valence-electron chi connectivity index (χ3n) is 6.35. The Hall–Kier alpha value is -1.06. The maximum Gasteiger partial charge on any atom is 0.306 e. The van der Waals surface area contributed by atoms with Crippen LogP contribution in [0, 0.1) is 0 Å². The molecule has 196 valence electrons.